The second-order valence-electron chi connectivity index (χ2n) is 30.1. The van der Waals surface area contributed by atoms with E-state index in [9.17, 15) is 43.2 Å². The van der Waals surface area contributed by atoms with Gasteiger partial charge in [-0.05, 0) is 43.4 Å². The SMILES string of the molecule is CCCCCCCCCCCCCCCCCCCCCCCCC(=O)O[C@H](COC(=O)CCCCCCCCCCCCCCCC(C)C)COP(=O)(O)OC[C@@H](O)COP(=O)(O)OC[C@@H](COC(=O)CCCCCCCCC(C)CC)OC(=O)CCCCCCCCCCC(C)CC. The molecule has 0 heterocycles. The Balaban J connectivity index is 5.21. The van der Waals surface area contributed by atoms with Crippen molar-refractivity contribution in [1.82, 2.24) is 0 Å². The van der Waals surface area contributed by atoms with E-state index in [1.165, 1.54) is 225 Å². The molecule has 0 aromatic heterocycles. The van der Waals surface area contributed by atoms with Crippen LogP contribution < -0.4 is 0 Å². The Bertz CT molecular complexity index is 1940. The van der Waals surface area contributed by atoms with Crippen LogP contribution in [-0.2, 0) is 65.4 Å². The van der Waals surface area contributed by atoms with Crippen LogP contribution in [0.3, 0.4) is 0 Å². The number of hydrogen-bond donors (Lipinski definition) is 3. The number of rotatable bonds is 79. The number of aliphatic hydroxyl groups excluding tert-OH is 1. The Morgan fingerprint density at radius 3 is 0.760 bits per heavy atom. The molecule has 0 rings (SSSR count). The van der Waals surface area contributed by atoms with Crippen molar-refractivity contribution in [2.75, 3.05) is 39.6 Å². The lowest BCUT2D eigenvalue weighted by atomic mass is 9.99. The van der Waals surface area contributed by atoms with Crippen molar-refractivity contribution in [3.05, 3.63) is 0 Å². The fourth-order valence-electron chi connectivity index (χ4n) is 12.4. The van der Waals surface area contributed by atoms with Crippen molar-refractivity contribution in [2.45, 2.75) is 439 Å². The minimum absolute atomic E-state index is 0.104. The molecule has 0 aromatic rings. The molecule has 0 fully saturated rings. The van der Waals surface area contributed by atoms with E-state index >= 15 is 0 Å². The number of phosphoric acid groups is 2. The Labute approximate surface area is 613 Å². The summed E-state index contributed by atoms with van der Waals surface area (Å²) in [5, 5.41) is 10.6. The summed E-state index contributed by atoms with van der Waals surface area (Å²) >= 11 is 0. The summed E-state index contributed by atoms with van der Waals surface area (Å²) < 4.78 is 68.7. The van der Waals surface area contributed by atoms with Crippen LogP contribution in [0.25, 0.3) is 0 Å². The molecule has 3 N–H and O–H groups in total. The van der Waals surface area contributed by atoms with E-state index in [0.29, 0.717) is 25.7 Å². The van der Waals surface area contributed by atoms with Gasteiger partial charge in [-0.15, -0.1) is 0 Å². The highest BCUT2D eigenvalue weighted by Gasteiger charge is 2.30. The van der Waals surface area contributed by atoms with E-state index in [0.717, 1.165) is 114 Å². The van der Waals surface area contributed by atoms with Crippen LogP contribution in [0.2, 0.25) is 0 Å². The molecular weight excluding hydrogens is 1310 g/mol. The quantitative estimate of drug-likeness (QED) is 0.0222. The summed E-state index contributed by atoms with van der Waals surface area (Å²) in [6.45, 7) is 11.9. The van der Waals surface area contributed by atoms with Crippen LogP contribution in [0.4, 0.5) is 0 Å². The third kappa shape index (κ3) is 71.7. The minimum Gasteiger partial charge on any atom is -0.462 e. The average Bonchev–Trinajstić information content (AvgIpc) is 0.952. The summed E-state index contributed by atoms with van der Waals surface area (Å²) in [7, 11) is -9.92. The highest BCUT2D eigenvalue weighted by Crippen LogP contribution is 2.45. The molecule has 0 aromatic carbocycles. The van der Waals surface area contributed by atoms with E-state index in [1.54, 1.807) is 0 Å². The molecule has 17 nitrogen and oxygen atoms in total. The molecule has 7 atom stereocenters. The lowest BCUT2D eigenvalue weighted by Gasteiger charge is -2.21. The third-order valence-electron chi connectivity index (χ3n) is 19.6. The highest BCUT2D eigenvalue weighted by atomic mass is 31.2. The highest BCUT2D eigenvalue weighted by molar-refractivity contribution is 7.47. The summed E-state index contributed by atoms with van der Waals surface area (Å²) in [5.74, 6) is 0.176. The van der Waals surface area contributed by atoms with Crippen molar-refractivity contribution >= 4 is 39.5 Å². The van der Waals surface area contributed by atoms with E-state index in [2.05, 4.69) is 48.5 Å². The molecule has 0 aliphatic heterocycles. The van der Waals surface area contributed by atoms with Gasteiger partial charge in [-0.2, -0.15) is 0 Å². The van der Waals surface area contributed by atoms with Crippen molar-refractivity contribution in [2.24, 2.45) is 17.8 Å². The van der Waals surface area contributed by atoms with Crippen LogP contribution in [0.5, 0.6) is 0 Å². The maximum atomic E-state index is 13.1. The number of unbranched alkanes of at least 4 members (excludes halogenated alkanes) is 45. The molecule has 0 aliphatic rings. The zero-order valence-corrected chi connectivity index (χ0v) is 67.5. The smallest absolute Gasteiger partial charge is 0.462 e. The molecular formula is C81H158O17P2. The van der Waals surface area contributed by atoms with Gasteiger partial charge >= 0.3 is 39.5 Å². The third-order valence-corrected chi connectivity index (χ3v) is 21.5. The first-order chi connectivity index (χ1) is 48.3. The fraction of sp³-hybridized carbons (Fsp3) is 0.951. The molecule has 4 unspecified atom stereocenters. The van der Waals surface area contributed by atoms with Gasteiger partial charge in [-0.1, -0.05) is 370 Å². The molecule has 0 spiro atoms. The average molecular weight is 1470 g/mol. The molecule has 0 aliphatic carbocycles. The van der Waals surface area contributed by atoms with Crippen LogP contribution in [0.1, 0.15) is 421 Å². The zero-order valence-electron chi connectivity index (χ0n) is 65.7. The maximum absolute atomic E-state index is 13.1. The van der Waals surface area contributed by atoms with Crippen LogP contribution >= 0.6 is 15.6 Å². The normalized spacial score (nSPS) is 14.5. The van der Waals surface area contributed by atoms with E-state index < -0.39 is 97.5 Å². The van der Waals surface area contributed by atoms with Crippen molar-refractivity contribution in [3.8, 4) is 0 Å². The van der Waals surface area contributed by atoms with Gasteiger partial charge in [-0.3, -0.25) is 37.3 Å². The molecule has 0 amide bonds. The van der Waals surface area contributed by atoms with Crippen molar-refractivity contribution in [1.29, 1.82) is 0 Å². The standard InChI is InChI=1S/C81H158O17P2/c1-8-11-12-13-14-15-16-17-18-19-20-21-22-23-24-25-28-32-35-41-50-57-64-80(85)97-76(68-91-78(83)62-55-48-40-34-31-29-26-27-30-33-38-45-52-59-72(4)5)70-95-99(87,88)93-66-75(82)67-94-100(89,90)96-71-77(69-92-79(84)63-56-49-44-43-47-54-61-74(7)10-3)98-81(86)65-58-51-42-37-36-39-46-53-60-73(6)9-2/h72-77,82H,8-71H2,1-7H3,(H,87,88)(H,89,90)/t73?,74?,75-,76-,77-/m1/s1. The van der Waals surface area contributed by atoms with Gasteiger partial charge in [0.15, 0.2) is 12.2 Å². The van der Waals surface area contributed by atoms with Gasteiger partial charge in [0.2, 0.25) is 0 Å². The van der Waals surface area contributed by atoms with E-state index in [1.807, 2.05) is 0 Å². The summed E-state index contributed by atoms with van der Waals surface area (Å²) in [6, 6.07) is 0. The second-order valence-corrected chi connectivity index (χ2v) is 33.0. The number of esters is 4. The van der Waals surface area contributed by atoms with Gasteiger partial charge < -0.3 is 33.8 Å². The summed E-state index contributed by atoms with van der Waals surface area (Å²) in [6.07, 6.45) is 59.8. The lowest BCUT2D eigenvalue weighted by molar-refractivity contribution is -0.161. The second kappa shape index (κ2) is 71.3. The van der Waals surface area contributed by atoms with Crippen LogP contribution in [-0.4, -0.2) is 96.7 Å². The molecule has 594 valence electrons. The van der Waals surface area contributed by atoms with E-state index in [-0.39, 0.29) is 25.7 Å². The minimum atomic E-state index is -4.96. The number of carbonyl (C=O) groups is 4. The monoisotopic (exact) mass is 1470 g/mol. The van der Waals surface area contributed by atoms with Gasteiger partial charge in [0.05, 0.1) is 26.4 Å². The molecule has 100 heavy (non-hydrogen) atoms. The number of aliphatic hydroxyl groups is 1. The number of hydrogen-bond acceptors (Lipinski definition) is 15. The van der Waals surface area contributed by atoms with Gasteiger partial charge in [-0.25, -0.2) is 9.13 Å². The predicted octanol–water partition coefficient (Wildman–Crippen LogP) is 24.1. The van der Waals surface area contributed by atoms with Crippen LogP contribution in [0.15, 0.2) is 0 Å². The first-order valence-corrected chi connectivity index (χ1v) is 44.9. The molecule has 0 radical (unpaired) electrons. The molecule has 0 bridgehead atoms. The number of carbonyl (C=O) groups excluding carboxylic acids is 4. The first kappa shape index (κ1) is 98.1. The molecule has 19 heteroatoms. The number of phosphoric ester groups is 2. The Morgan fingerprint density at radius 2 is 0.510 bits per heavy atom. The predicted molar refractivity (Wildman–Crippen MR) is 409 cm³/mol. The lowest BCUT2D eigenvalue weighted by Crippen LogP contribution is -2.30. The first-order valence-electron chi connectivity index (χ1n) is 41.9. The van der Waals surface area contributed by atoms with Gasteiger partial charge in [0.1, 0.15) is 19.3 Å². The zero-order chi connectivity index (χ0) is 73.7. The Kier molecular flexibility index (Phi) is 69.9. The number of ether oxygens (including phenoxy) is 4. The van der Waals surface area contributed by atoms with Crippen LogP contribution in [0, 0.1) is 17.8 Å². The summed E-state index contributed by atoms with van der Waals surface area (Å²) in [4.78, 5) is 73.0. The Morgan fingerprint density at radius 1 is 0.290 bits per heavy atom. The molecule has 0 saturated carbocycles. The van der Waals surface area contributed by atoms with Gasteiger partial charge in [0, 0.05) is 25.7 Å². The Hall–Kier alpha value is -1.94. The van der Waals surface area contributed by atoms with Gasteiger partial charge in [0.25, 0.3) is 0 Å². The topological polar surface area (TPSA) is 237 Å². The summed E-state index contributed by atoms with van der Waals surface area (Å²) in [5.41, 5.74) is 0. The molecule has 0 saturated heterocycles. The van der Waals surface area contributed by atoms with E-state index in [4.69, 9.17) is 37.0 Å². The van der Waals surface area contributed by atoms with Crippen molar-refractivity contribution in [3.63, 3.8) is 0 Å². The maximum Gasteiger partial charge on any atom is 0.472 e. The van der Waals surface area contributed by atoms with Crippen molar-refractivity contribution < 1.29 is 80.2 Å². The fourth-order valence-corrected chi connectivity index (χ4v) is 14.0. The largest absolute Gasteiger partial charge is 0.472 e.